The highest BCUT2D eigenvalue weighted by Crippen LogP contribution is 2.39. The summed E-state index contributed by atoms with van der Waals surface area (Å²) in [7, 11) is 2.03. The maximum absolute atomic E-state index is 12.5. The van der Waals surface area contributed by atoms with Crippen molar-refractivity contribution in [3.63, 3.8) is 0 Å². The van der Waals surface area contributed by atoms with E-state index in [0.717, 1.165) is 17.9 Å². The van der Waals surface area contributed by atoms with Crippen LogP contribution >= 0.6 is 0 Å². The number of pyridine rings is 1. The molecule has 1 aliphatic heterocycles. The summed E-state index contributed by atoms with van der Waals surface area (Å²) in [5.74, 6) is 0.0823. The van der Waals surface area contributed by atoms with Gasteiger partial charge in [-0.15, -0.1) is 0 Å². The Morgan fingerprint density at radius 3 is 2.48 bits per heavy atom. The molecule has 4 heteroatoms. The van der Waals surface area contributed by atoms with E-state index >= 15 is 0 Å². The van der Waals surface area contributed by atoms with Gasteiger partial charge in [-0.2, -0.15) is 0 Å². The smallest absolute Gasteiger partial charge is 0.171 e. The molecule has 2 heterocycles. The van der Waals surface area contributed by atoms with Crippen molar-refractivity contribution in [2.45, 2.75) is 52.4 Å². The third kappa shape index (κ3) is 3.50. The number of carbonyl (C=O) groups excluding carboxylic acids is 1. The highest BCUT2D eigenvalue weighted by atomic mass is 16.5. The molecule has 1 aliphatic rings. The Kier molecular flexibility index (Phi) is 4.22. The van der Waals surface area contributed by atoms with E-state index in [2.05, 4.69) is 9.88 Å². The summed E-state index contributed by atoms with van der Waals surface area (Å²) in [6, 6.07) is 6.03. The molecule has 1 saturated heterocycles. The van der Waals surface area contributed by atoms with Gasteiger partial charge in [0.25, 0.3) is 0 Å². The van der Waals surface area contributed by atoms with Crippen molar-refractivity contribution < 1.29 is 9.53 Å². The number of carbonyl (C=O) groups is 1. The molecule has 0 aromatic carbocycles. The molecule has 1 aromatic heterocycles. The Hall–Kier alpha value is -1.26. The van der Waals surface area contributed by atoms with Crippen molar-refractivity contribution in [3.05, 3.63) is 29.6 Å². The second-order valence-corrected chi connectivity index (χ2v) is 7.10. The lowest BCUT2D eigenvalue weighted by atomic mass is 9.85. The summed E-state index contributed by atoms with van der Waals surface area (Å²) in [4.78, 5) is 19.2. The number of ether oxygens (including phenoxy) is 1. The van der Waals surface area contributed by atoms with E-state index in [1.165, 1.54) is 0 Å². The van der Waals surface area contributed by atoms with Crippen LogP contribution in [-0.2, 0) is 16.1 Å². The van der Waals surface area contributed by atoms with E-state index in [0.29, 0.717) is 6.54 Å². The van der Waals surface area contributed by atoms with Crippen LogP contribution in [0.15, 0.2) is 18.2 Å². The first kappa shape index (κ1) is 16.1. The molecule has 21 heavy (non-hydrogen) atoms. The molecule has 1 aromatic rings. The fourth-order valence-corrected chi connectivity index (χ4v) is 3.16. The summed E-state index contributed by atoms with van der Waals surface area (Å²) in [5, 5.41) is 0. The SMILES string of the molecule is Cc1cccc(CN(C)CC2C(=O)C(C)(C)OC2(C)C)n1. The maximum Gasteiger partial charge on any atom is 0.171 e. The predicted molar refractivity (Wildman–Crippen MR) is 83.0 cm³/mol. The number of hydrogen-bond acceptors (Lipinski definition) is 4. The molecular weight excluding hydrogens is 264 g/mol. The number of nitrogens with zero attached hydrogens (tertiary/aromatic N) is 2. The first-order chi connectivity index (χ1) is 9.62. The average molecular weight is 290 g/mol. The second kappa shape index (κ2) is 5.50. The number of ketones is 1. The highest BCUT2D eigenvalue weighted by Gasteiger charge is 2.53. The third-order valence-corrected chi connectivity index (χ3v) is 4.14. The van der Waals surface area contributed by atoms with E-state index in [1.54, 1.807) is 0 Å². The number of aromatic nitrogens is 1. The quantitative estimate of drug-likeness (QED) is 0.855. The Morgan fingerprint density at radius 1 is 1.29 bits per heavy atom. The Balaban J connectivity index is 2.05. The third-order valence-electron chi connectivity index (χ3n) is 4.14. The molecule has 1 atom stereocenters. The van der Waals surface area contributed by atoms with E-state index in [1.807, 2.05) is 59.9 Å². The van der Waals surface area contributed by atoms with Gasteiger partial charge in [-0.1, -0.05) is 6.07 Å². The summed E-state index contributed by atoms with van der Waals surface area (Å²) in [6.45, 7) is 11.1. The molecule has 2 rings (SSSR count). The van der Waals surface area contributed by atoms with Gasteiger partial charge in [-0.3, -0.25) is 14.7 Å². The van der Waals surface area contributed by atoms with Crippen molar-refractivity contribution in [1.82, 2.24) is 9.88 Å². The van der Waals surface area contributed by atoms with E-state index in [4.69, 9.17) is 4.74 Å². The minimum atomic E-state index is -0.684. The van der Waals surface area contributed by atoms with Gasteiger partial charge in [0.15, 0.2) is 5.78 Å². The van der Waals surface area contributed by atoms with E-state index in [-0.39, 0.29) is 11.7 Å². The lowest BCUT2D eigenvalue weighted by Gasteiger charge is -2.28. The zero-order chi connectivity index (χ0) is 15.8. The van der Waals surface area contributed by atoms with E-state index in [9.17, 15) is 4.79 Å². The maximum atomic E-state index is 12.5. The lowest BCUT2D eigenvalue weighted by molar-refractivity contribution is -0.132. The highest BCUT2D eigenvalue weighted by molar-refractivity contribution is 5.91. The molecule has 1 fully saturated rings. The van der Waals surface area contributed by atoms with Gasteiger partial charge in [0.05, 0.1) is 17.2 Å². The molecule has 0 amide bonds. The first-order valence-electron chi connectivity index (χ1n) is 7.47. The Morgan fingerprint density at radius 2 is 1.95 bits per heavy atom. The van der Waals surface area contributed by atoms with Crippen LogP contribution in [0.4, 0.5) is 0 Å². The van der Waals surface area contributed by atoms with Gasteiger partial charge in [0, 0.05) is 18.8 Å². The molecule has 4 nitrogen and oxygen atoms in total. The van der Waals surface area contributed by atoms with Crippen LogP contribution in [0.3, 0.4) is 0 Å². The summed E-state index contributed by atoms with van der Waals surface area (Å²) >= 11 is 0. The van der Waals surface area contributed by atoms with Gasteiger partial charge in [0.2, 0.25) is 0 Å². The van der Waals surface area contributed by atoms with Gasteiger partial charge >= 0.3 is 0 Å². The zero-order valence-electron chi connectivity index (χ0n) is 13.9. The lowest BCUT2D eigenvalue weighted by Crippen LogP contribution is -2.39. The van der Waals surface area contributed by atoms with Crippen LogP contribution in [0.2, 0.25) is 0 Å². The van der Waals surface area contributed by atoms with Gasteiger partial charge in [-0.25, -0.2) is 0 Å². The molecule has 0 N–H and O–H groups in total. The fourth-order valence-electron chi connectivity index (χ4n) is 3.16. The topological polar surface area (TPSA) is 42.4 Å². The minimum absolute atomic E-state index is 0.109. The van der Waals surface area contributed by atoms with Crippen molar-refractivity contribution in [2.75, 3.05) is 13.6 Å². The van der Waals surface area contributed by atoms with Crippen molar-refractivity contribution in [1.29, 1.82) is 0 Å². The average Bonchev–Trinajstić information content (AvgIpc) is 2.47. The number of rotatable bonds is 4. The molecular formula is C17H26N2O2. The molecule has 116 valence electrons. The molecule has 0 radical (unpaired) electrons. The first-order valence-corrected chi connectivity index (χ1v) is 7.47. The number of hydrogen-bond donors (Lipinski definition) is 0. The zero-order valence-corrected chi connectivity index (χ0v) is 13.9. The molecule has 0 bridgehead atoms. The van der Waals surface area contributed by atoms with Crippen LogP contribution < -0.4 is 0 Å². The normalized spacial score (nSPS) is 23.8. The number of Topliss-reactive ketones (excluding diaryl/α,β-unsaturated/α-hetero) is 1. The van der Waals surface area contributed by atoms with Crippen LogP contribution in [0.1, 0.15) is 39.1 Å². The van der Waals surface area contributed by atoms with Crippen molar-refractivity contribution in [2.24, 2.45) is 5.92 Å². The fraction of sp³-hybridized carbons (Fsp3) is 0.647. The second-order valence-electron chi connectivity index (χ2n) is 7.10. The summed E-state index contributed by atoms with van der Waals surface area (Å²) < 4.78 is 5.94. The van der Waals surface area contributed by atoms with Gasteiger partial charge in [-0.05, 0) is 53.8 Å². The van der Waals surface area contributed by atoms with Gasteiger partial charge < -0.3 is 4.74 Å². The molecule has 0 aliphatic carbocycles. The van der Waals surface area contributed by atoms with Crippen molar-refractivity contribution in [3.8, 4) is 0 Å². The molecule has 0 spiro atoms. The van der Waals surface area contributed by atoms with Gasteiger partial charge in [0.1, 0.15) is 5.60 Å². The van der Waals surface area contributed by atoms with Crippen LogP contribution in [-0.4, -0.2) is 40.5 Å². The Bertz CT molecular complexity index is 537. The predicted octanol–water partition coefficient (Wildman–Crippen LogP) is 2.59. The summed E-state index contributed by atoms with van der Waals surface area (Å²) in [6.07, 6.45) is 0. The van der Waals surface area contributed by atoms with Crippen LogP contribution in [0, 0.1) is 12.8 Å². The molecule has 0 saturated carbocycles. The minimum Gasteiger partial charge on any atom is -0.361 e. The largest absolute Gasteiger partial charge is 0.361 e. The monoisotopic (exact) mass is 290 g/mol. The van der Waals surface area contributed by atoms with Crippen LogP contribution in [0.5, 0.6) is 0 Å². The molecule has 1 unspecified atom stereocenters. The Labute approximate surface area is 127 Å². The van der Waals surface area contributed by atoms with Crippen molar-refractivity contribution >= 4 is 5.78 Å². The summed E-state index contributed by atoms with van der Waals surface area (Å²) in [5.41, 5.74) is 0.939. The number of aryl methyl sites for hydroxylation is 1. The van der Waals surface area contributed by atoms with Crippen LogP contribution in [0.25, 0.3) is 0 Å². The van der Waals surface area contributed by atoms with E-state index < -0.39 is 11.2 Å². The standard InChI is InChI=1S/C17H26N2O2/c1-12-8-7-9-13(18-12)10-19(6)11-14-15(20)17(4,5)21-16(14,2)3/h7-9,14H,10-11H2,1-6H3.